The highest BCUT2D eigenvalue weighted by atomic mass is 35.5. The van der Waals surface area contributed by atoms with E-state index in [2.05, 4.69) is 23.8 Å². The van der Waals surface area contributed by atoms with Gasteiger partial charge >= 0.3 is 0 Å². The van der Waals surface area contributed by atoms with Crippen LogP contribution in [-0.2, 0) is 0 Å². The molecule has 0 aliphatic carbocycles. The number of halogens is 1. The van der Waals surface area contributed by atoms with E-state index in [4.69, 9.17) is 11.6 Å². The second kappa shape index (κ2) is 5.87. The molecule has 2 nitrogen and oxygen atoms in total. The number of hydrogen-bond acceptors (Lipinski definition) is 2. The van der Waals surface area contributed by atoms with Gasteiger partial charge in [0.25, 0.3) is 0 Å². The van der Waals surface area contributed by atoms with Crippen LogP contribution in [0.2, 0.25) is 5.02 Å². The molecule has 3 heteroatoms. The number of aromatic nitrogens is 1. The van der Waals surface area contributed by atoms with Crippen LogP contribution in [0.4, 0.5) is 5.69 Å². The van der Waals surface area contributed by atoms with Gasteiger partial charge in [0, 0.05) is 22.6 Å². The minimum absolute atomic E-state index is 0.367. The van der Waals surface area contributed by atoms with E-state index in [1.165, 1.54) is 0 Å². The Bertz CT molecular complexity index is 551. The van der Waals surface area contributed by atoms with Gasteiger partial charge in [-0.3, -0.25) is 4.98 Å². The Hall–Kier alpha value is -1.54. The van der Waals surface area contributed by atoms with Gasteiger partial charge in [0.05, 0.1) is 11.2 Å². The first kappa shape index (κ1) is 12.9. The average Bonchev–Trinajstić information content (AvgIpc) is 2.36. The molecule has 0 spiro atoms. The van der Waals surface area contributed by atoms with Crippen LogP contribution in [-0.4, -0.2) is 11.0 Å². The summed E-state index contributed by atoms with van der Waals surface area (Å²) in [5.74, 6) is 0. The Morgan fingerprint density at radius 3 is 3.11 bits per heavy atom. The van der Waals surface area contributed by atoms with Crippen LogP contribution in [0, 0.1) is 0 Å². The molecule has 0 aliphatic heterocycles. The molecule has 1 unspecified atom stereocenters. The Kier molecular flexibility index (Phi) is 4.21. The molecule has 94 valence electrons. The van der Waals surface area contributed by atoms with Crippen LogP contribution < -0.4 is 5.32 Å². The lowest BCUT2D eigenvalue weighted by atomic mass is 10.1. The maximum Gasteiger partial charge on any atom is 0.0934 e. The lowest BCUT2D eigenvalue weighted by Gasteiger charge is -2.16. The van der Waals surface area contributed by atoms with E-state index in [1.807, 2.05) is 30.3 Å². The number of fused-ring (bicyclic) bond motifs is 1. The van der Waals surface area contributed by atoms with Crippen LogP contribution >= 0.6 is 11.6 Å². The van der Waals surface area contributed by atoms with E-state index in [9.17, 15) is 0 Å². The maximum atomic E-state index is 6.13. The molecule has 0 radical (unpaired) electrons. The Morgan fingerprint density at radius 2 is 2.33 bits per heavy atom. The van der Waals surface area contributed by atoms with Crippen molar-refractivity contribution in [2.45, 2.75) is 25.8 Å². The van der Waals surface area contributed by atoms with Crippen LogP contribution in [0.3, 0.4) is 0 Å². The average molecular weight is 261 g/mol. The fourth-order valence-corrected chi connectivity index (χ4v) is 2.20. The van der Waals surface area contributed by atoms with Gasteiger partial charge in [-0.25, -0.2) is 0 Å². The normalized spacial score (nSPS) is 12.3. The number of rotatable bonds is 5. The molecule has 0 bridgehead atoms. The Labute approximate surface area is 113 Å². The van der Waals surface area contributed by atoms with E-state index < -0.39 is 0 Å². The quantitative estimate of drug-likeness (QED) is 0.791. The maximum absolute atomic E-state index is 6.13. The SMILES string of the molecule is C=CCCC(C)Nc1cc(Cl)cc2cccnc12. The number of hydrogen-bond donors (Lipinski definition) is 1. The van der Waals surface area contributed by atoms with Crippen LogP contribution in [0.5, 0.6) is 0 Å². The molecule has 0 saturated heterocycles. The summed E-state index contributed by atoms with van der Waals surface area (Å²) in [7, 11) is 0. The number of nitrogens with one attached hydrogen (secondary N) is 1. The standard InChI is InChI=1S/C15H17ClN2/c1-3-4-6-11(2)18-14-10-13(16)9-12-7-5-8-17-15(12)14/h3,5,7-11,18H,1,4,6H2,2H3. The topological polar surface area (TPSA) is 24.9 Å². The monoisotopic (exact) mass is 260 g/mol. The second-order valence-electron chi connectivity index (χ2n) is 4.44. The highest BCUT2D eigenvalue weighted by Crippen LogP contribution is 2.27. The third-order valence-electron chi connectivity index (χ3n) is 2.88. The van der Waals surface area contributed by atoms with Crippen molar-refractivity contribution >= 4 is 28.2 Å². The van der Waals surface area contributed by atoms with Crippen LogP contribution in [0.15, 0.2) is 43.1 Å². The van der Waals surface area contributed by atoms with E-state index >= 15 is 0 Å². The molecule has 2 rings (SSSR count). The third-order valence-corrected chi connectivity index (χ3v) is 3.09. The summed E-state index contributed by atoms with van der Waals surface area (Å²) in [6, 6.07) is 8.17. The summed E-state index contributed by atoms with van der Waals surface area (Å²) < 4.78 is 0. The fourth-order valence-electron chi connectivity index (χ4n) is 1.97. The summed E-state index contributed by atoms with van der Waals surface area (Å²) in [6.07, 6.45) is 5.78. The second-order valence-corrected chi connectivity index (χ2v) is 4.88. The van der Waals surface area contributed by atoms with Crippen LogP contribution in [0.25, 0.3) is 10.9 Å². The summed E-state index contributed by atoms with van der Waals surface area (Å²) >= 11 is 6.13. The van der Waals surface area contributed by atoms with E-state index in [-0.39, 0.29) is 0 Å². The summed E-state index contributed by atoms with van der Waals surface area (Å²) in [6.45, 7) is 5.89. The van der Waals surface area contributed by atoms with E-state index in [1.54, 1.807) is 6.20 Å². The van der Waals surface area contributed by atoms with Gasteiger partial charge < -0.3 is 5.32 Å². The zero-order valence-corrected chi connectivity index (χ0v) is 11.2. The number of benzene rings is 1. The lowest BCUT2D eigenvalue weighted by molar-refractivity contribution is 0.719. The molecule has 2 aromatic rings. The van der Waals surface area contributed by atoms with Gasteiger partial charge in [-0.1, -0.05) is 23.7 Å². The molecule has 0 saturated carbocycles. The van der Waals surface area contributed by atoms with Crippen molar-refractivity contribution in [3.8, 4) is 0 Å². The van der Waals surface area contributed by atoms with Gasteiger partial charge in [0.15, 0.2) is 0 Å². The first-order valence-electron chi connectivity index (χ1n) is 6.12. The van der Waals surface area contributed by atoms with Crippen LogP contribution in [0.1, 0.15) is 19.8 Å². The highest BCUT2D eigenvalue weighted by molar-refractivity contribution is 6.31. The summed E-state index contributed by atoms with van der Waals surface area (Å²) in [5.41, 5.74) is 1.96. The molecule has 1 aromatic carbocycles. The molecule has 1 aromatic heterocycles. The molecule has 1 N–H and O–H groups in total. The molecule has 0 amide bonds. The molecule has 1 atom stereocenters. The predicted molar refractivity (Wildman–Crippen MR) is 79.3 cm³/mol. The first-order chi connectivity index (χ1) is 8.70. The molecule has 1 heterocycles. The summed E-state index contributed by atoms with van der Waals surface area (Å²) in [5, 5.41) is 5.25. The van der Waals surface area contributed by atoms with Crippen molar-refractivity contribution in [2.75, 3.05) is 5.32 Å². The zero-order valence-electron chi connectivity index (χ0n) is 10.5. The predicted octanol–water partition coefficient (Wildman–Crippen LogP) is 4.65. The highest BCUT2D eigenvalue weighted by Gasteiger charge is 2.07. The van der Waals surface area contributed by atoms with Gasteiger partial charge in [-0.2, -0.15) is 0 Å². The van der Waals surface area contributed by atoms with Gasteiger partial charge in [0.2, 0.25) is 0 Å². The van der Waals surface area contributed by atoms with Crippen molar-refractivity contribution in [2.24, 2.45) is 0 Å². The van der Waals surface area contributed by atoms with Crippen molar-refractivity contribution in [3.63, 3.8) is 0 Å². The van der Waals surface area contributed by atoms with Gasteiger partial charge in [-0.05, 0) is 38.0 Å². The van der Waals surface area contributed by atoms with Crippen molar-refractivity contribution in [1.82, 2.24) is 4.98 Å². The van der Waals surface area contributed by atoms with E-state index in [0.717, 1.165) is 34.5 Å². The third kappa shape index (κ3) is 3.02. The minimum Gasteiger partial charge on any atom is -0.381 e. The lowest BCUT2D eigenvalue weighted by Crippen LogP contribution is -2.15. The largest absolute Gasteiger partial charge is 0.381 e. The molecular formula is C15H17ClN2. The van der Waals surface area contributed by atoms with Gasteiger partial charge in [-0.15, -0.1) is 6.58 Å². The van der Waals surface area contributed by atoms with Crippen molar-refractivity contribution in [3.05, 3.63) is 48.1 Å². The van der Waals surface area contributed by atoms with Crippen molar-refractivity contribution < 1.29 is 0 Å². The molecule has 0 aliphatic rings. The van der Waals surface area contributed by atoms with E-state index in [0.29, 0.717) is 6.04 Å². The molecular weight excluding hydrogens is 244 g/mol. The molecule has 0 fully saturated rings. The minimum atomic E-state index is 0.367. The Balaban J connectivity index is 2.29. The number of allylic oxidation sites excluding steroid dienone is 1. The van der Waals surface area contributed by atoms with Gasteiger partial charge in [0.1, 0.15) is 0 Å². The first-order valence-corrected chi connectivity index (χ1v) is 6.50. The Morgan fingerprint density at radius 1 is 1.50 bits per heavy atom. The fraction of sp³-hybridized carbons (Fsp3) is 0.267. The number of nitrogens with zero attached hydrogens (tertiary/aromatic N) is 1. The number of pyridine rings is 1. The van der Waals surface area contributed by atoms with Crippen molar-refractivity contribution in [1.29, 1.82) is 0 Å². The number of anilines is 1. The smallest absolute Gasteiger partial charge is 0.0934 e. The molecule has 18 heavy (non-hydrogen) atoms. The summed E-state index contributed by atoms with van der Waals surface area (Å²) in [4.78, 5) is 4.41. The zero-order chi connectivity index (χ0) is 13.0.